The average Bonchev–Trinajstić information content (AvgIpc) is 2.86. The fraction of sp³-hybridized carbons (Fsp3) is 0.222. The number of rotatable bonds is 7. The Morgan fingerprint density at radius 2 is 1.90 bits per heavy atom. The Morgan fingerprint density at radius 1 is 1.18 bits per heavy atom. The van der Waals surface area contributed by atoms with Gasteiger partial charge in [-0.1, -0.05) is 17.7 Å². The number of fused-ring (bicyclic) bond motifs is 1. The van der Waals surface area contributed by atoms with Crippen LogP contribution < -0.4 is 15.5 Å². The zero-order valence-electron chi connectivity index (χ0n) is 21.3. The summed E-state index contributed by atoms with van der Waals surface area (Å²) in [6, 6.07) is 11.5. The molecule has 0 bridgehead atoms. The summed E-state index contributed by atoms with van der Waals surface area (Å²) in [4.78, 5) is 17.5. The van der Waals surface area contributed by atoms with E-state index in [1.807, 2.05) is 13.0 Å². The Hall–Kier alpha value is -3.82. The predicted octanol–water partition coefficient (Wildman–Crippen LogP) is 4.85. The molecule has 0 aliphatic rings. The van der Waals surface area contributed by atoms with Gasteiger partial charge in [0.25, 0.3) is 0 Å². The summed E-state index contributed by atoms with van der Waals surface area (Å²) in [6.45, 7) is 5.14. The topological polar surface area (TPSA) is 145 Å². The summed E-state index contributed by atoms with van der Waals surface area (Å²) in [5.74, 6) is -0.517. The number of hydrogen-bond acceptors (Lipinski definition) is 8. The van der Waals surface area contributed by atoms with Crippen molar-refractivity contribution in [3.63, 3.8) is 0 Å². The highest BCUT2D eigenvalue weighted by Gasteiger charge is 2.23. The van der Waals surface area contributed by atoms with E-state index in [9.17, 15) is 28.0 Å². The molecule has 12 heteroatoms. The minimum absolute atomic E-state index is 0.0352. The van der Waals surface area contributed by atoms with Gasteiger partial charge < -0.3 is 14.8 Å². The summed E-state index contributed by atoms with van der Waals surface area (Å²) in [5, 5.41) is 23.6. The van der Waals surface area contributed by atoms with E-state index in [-0.39, 0.29) is 50.0 Å². The van der Waals surface area contributed by atoms with Gasteiger partial charge in [0.1, 0.15) is 28.0 Å². The first-order valence-corrected chi connectivity index (χ1v) is 13.9. The van der Waals surface area contributed by atoms with Crippen LogP contribution in [0.2, 0.25) is 5.15 Å². The molecule has 0 saturated carbocycles. The molecule has 0 aliphatic carbocycles. The van der Waals surface area contributed by atoms with E-state index in [2.05, 4.69) is 15.0 Å². The molecular formula is C27H24ClFN4O5S. The fourth-order valence-electron chi connectivity index (χ4n) is 4.30. The third-order valence-electron chi connectivity index (χ3n) is 6.05. The number of nitrogens with zero attached hydrogens (tertiary/aromatic N) is 2. The highest BCUT2D eigenvalue weighted by molar-refractivity contribution is 7.88. The molecule has 4 aromatic rings. The lowest BCUT2D eigenvalue weighted by atomic mass is 9.97. The summed E-state index contributed by atoms with van der Waals surface area (Å²) in [7, 11) is -3.78. The van der Waals surface area contributed by atoms with E-state index in [1.54, 1.807) is 26.0 Å². The van der Waals surface area contributed by atoms with Crippen LogP contribution in [0.1, 0.15) is 47.1 Å². The second-order valence-corrected chi connectivity index (χ2v) is 11.3. The second kappa shape index (κ2) is 10.7. The van der Waals surface area contributed by atoms with Crippen molar-refractivity contribution in [3.05, 3.63) is 91.6 Å². The number of aromatic nitrogens is 1. The van der Waals surface area contributed by atoms with Crippen LogP contribution in [0.15, 0.2) is 51.7 Å². The van der Waals surface area contributed by atoms with Crippen LogP contribution in [0.4, 0.5) is 10.1 Å². The molecule has 0 fully saturated rings. The summed E-state index contributed by atoms with van der Waals surface area (Å²) in [6.07, 6.45) is -0.792. The minimum Gasteiger partial charge on any atom is -0.455 e. The number of benzene rings is 2. The first-order chi connectivity index (χ1) is 18.3. The van der Waals surface area contributed by atoms with Gasteiger partial charge in [0.2, 0.25) is 10.0 Å². The van der Waals surface area contributed by atoms with Gasteiger partial charge in [-0.3, -0.25) is 4.79 Å². The monoisotopic (exact) mass is 570 g/mol. The maximum Gasteiger partial charge on any atom is 0.211 e. The van der Waals surface area contributed by atoms with E-state index in [4.69, 9.17) is 16.0 Å². The van der Waals surface area contributed by atoms with Gasteiger partial charge in [0.15, 0.2) is 11.7 Å². The molecule has 2 aromatic heterocycles. The van der Waals surface area contributed by atoms with Gasteiger partial charge in [-0.15, -0.1) is 0 Å². The van der Waals surface area contributed by atoms with Gasteiger partial charge >= 0.3 is 0 Å². The lowest BCUT2D eigenvalue weighted by molar-refractivity contribution is 0.162. The standard InChI is InChI=1S/C27H24ClFN4O5S/c1-13-9-18(15(3)31-21-7-8-22(28)32-23(21)27(35)33-39(4,36)37)26-20(10-13)24(34)14(2)25(38-26)19-11-17(29)6-5-16(19)12-30/h5-11,15,27,31,33,35H,1-4H3/t15-,27?/m1/s1. The molecule has 202 valence electrons. The largest absolute Gasteiger partial charge is 0.455 e. The SMILES string of the molecule is Cc1cc([C@@H](C)Nc2ccc(Cl)nc2C(O)NS(C)(=O)=O)c2oc(-c3cc(F)ccc3C#N)c(C)c(=O)c2c1. The van der Waals surface area contributed by atoms with E-state index in [0.717, 1.165) is 24.0 Å². The zero-order chi connectivity index (χ0) is 28.6. The Kier molecular flexibility index (Phi) is 7.77. The van der Waals surface area contributed by atoms with Crippen molar-refractivity contribution in [2.75, 3.05) is 11.6 Å². The van der Waals surface area contributed by atoms with Crippen LogP contribution >= 0.6 is 11.6 Å². The summed E-state index contributed by atoms with van der Waals surface area (Å²) >= 11 is 6.00. The number of hydrogen-bond donors (Lipinski definition) is 3. The zero-order valence-corrected chi connectivity index (χ0v) is 22.9. The number of halogens is 2. The smallest absolute Gasteiger partial charge is 0.211 e. The van der Waals surface area contributed by atoms with Crippen LogP contribution in [0.25, 0.3) is 22.3 Å². The molecule has 0 amide bonds. The lowest BCUT2D eigenvalue weighted by Crippen LogP contribution is -2.28. The van der Waals surface area contributed by atoms with E-state index in [0.29, 0.717) is 10.9 Å². The van der Waals surface area contributed by atoms with Crippen molar-refractivity contribution in [3.8, 4) is 17.4 Å². The van der Waals surface area contributed by atoms with E-state index < -0.39 is 28.1 Å². The molecular weight excluding hydrogens is 547 g/mol. The van der Waals surface area contributed by atoms with Gasteiger partial charge in [0, 0.05) is 16.7 Å². The van der Waals surface area contributed by atoms with Crippen molar-refractivity contribution >= 4 is 38.3 Å². The van der Waals surface area contributed by atoms with Crippen molar-refractivity contribution in [1.82, 2.24) is 9.71 Å². The predicted molar refractivity (Wildman–Crippen MR) is 146 cm³/mol. The Balaban J connectivity index is 1.88. The summed E-state index contributed by atoms with van der Waals surface area (Å²) < 4.78 is 45.8. The second-order valence-electron chi connectivity index (χ2n) is 9.14. The molecule has 2 heterocycles. The minimum atomic E-state index is -3.78. The molecule has 0 aliphatic heterocycles. The molecule has 0 saturated heterocycles. The highest BCUT2D eigenvalue weighted by atomic mass is 35.5. The lowest BCUT2D eigenvalue weighted by Gasteiger charge is -2.22. The molecule has 2 atom stereocenters. The maximum atomic E-state index is 14.1. The number of anilines is 1. The first-order valence-electron chi connectivity index (χ1n) is 11.7. The normalized spacial score (nSPS) is 13.2. The van der Waals surface area contributed by atoms with Crippen LogP contribution in [0.3, 0.4) is 0 Å². The fourth-order valence-corrected chi connectivity index (χ4v) is 4.97. The molecule has 4 rings (SSSR count). The van der Waals surface area contributed by atoms with Crippen LogP contribution in [-0.2, 0) is 10.0 Å². The van der Waals surface area contributed by atoms with Crippen LogP contribution in [0, 0.1) is 31.0 Å². The third-order valence-corrected chi connectivity index (χ3v) is 6.91. The number of nitrogens with one attached hydrogen (secondary N) is 2. The number of sulfonamides is 1. The van der Waals surface area contributed by atoms with Crippen molar-refractivity contribution in [1.29, 1.82) is 5.26 Å². The Bertz CT molecular complexity index is 1820. The Labute approximate surface area is 228 Å². The molecule has 1 unspecified atom stereocenters. The van der Waals surface area contributed by atoms with E-state index in [1.165, 1.54) is 18.2 Å². The summed E-state index contributed by atoms with van der Waals surface area (Å²) in [5.41, 5.74) is 1.93. The Morgan fingerprint density at radius 3 is 2.56 bits per heavy atom. The van der Waals surface area contributed by atoms with Gasteiger partial charge in [-0.05, 0) is 62.7 Å². The number of nitriles is 1. The molecule has 39 heavy (non-hydrogen) atoms. The molecule has 2 aromatic carbocycles. The third kappa shape index (κ3) is 5.94. The molecule has 0 spiro atoms. The molecule has 0 radical (unpaired) electrons. The first kappa shape index (κ1) is 28.2. The number of aryl methyl sites for hydroxylation is 1. The number of aliphatic hydroxyl groups excluding tert-OH is 1. The molecule has 9 nitrogen and oxygen atoms in total. The van der Waals surface area contributed by atoms with Crippen LogP contribution in [-0.4, -0.2) is 24.8 Å². The average molecular weight is 571 g/mol. The maximum absolute atomic E-state index is 14.1. The van der Waals surface area contributed by atoms with Crippen molar-refractivity contribution < 1.29 is 22.3 Å². The van der Waals surface area contributed by atoms with Crippen molar-refractivity contribution in [2.24, 2.45) is 0 Å². The van der Waals surface area contributed by atoms with Gasteiger partial charge in [-0.25, -0.2) is 17.8 Å². The van der Waals surface area contributed by atoms with Crippen LogP contribution in [0.5, 0.6) is 0 Å². The number of pyridine rings is 1. The molecule has 3 N–H and O–H groups in total. The highest BCUT2D eigenvalue weighted by Crippen LogP contribution is 2.34. The van der Waals surface area contributed by atoms with Gasteiger partial charge in [0.05, 0.1) is 35.0 Å². The van der Waals surface area contributed by atoms with E-state index >= 15 is 0 Å². The van der Waals surface area contributed by atoms with Gasteiger partial charge in [-0.2, -0.15) is 9.98 Å². The number of aliphatic hydroxyl groups is 1. The quantitative estimate of drug-likeness (QED) is 0.211. The van der Waals surface area contributed by atoms with Crippen molar-refractivity contribution in [2.45, 2.75) is 33.0 Å².